The van der Waals surface area contributed by atoms with Crippen LogP contribution in [0.4, 0.5) is 0 Å². The highest BCUT2D eigenvalue weighted by Crippen LogP contribution is 2.41. The lowest BCUT2D eigenvalue weighted by Crippen LogP contribution is -2.32. The molecule has 2 aromatic carbocycles. The van der Waals surface area contributed by atoms with Crippen molar-refractivity contribution in [1.82, 2.24) is 9.80 Å². The van der Waals surface area contributed by atoms with Crippen LogP contribution in [-0.2, 0) is 9.59 Å². The monoisotopic (exact) mass is 458 g/mol. The van der Waals surface area contributed by atoms with Gasteiger partial charge in [0.25, 0.3) is 11.7 Å². The van der Waals surface area contributed by atoms with Gasteiger partial charge >= 0.3 is 0 Å². The van der Waals surface area contributed by atoms with E-state index in [4.69, 9.17) is 21.1 Å². The van der Waals surface area contributed by atoms with Gasteiger partial charge in [-0.25, -0.2) is 0 Å². The van der Waals surface area contributed by atoms with E-state index >= 15 is 0 Å². The van der Waals surface area contributed by atoms with Gasteiger partial charge in [0.15, 0.2) is 0 Å². The molecule has 2 aromatic rings. The molecule has 1 N–H and O–H groups in total. The fraction of sp³-hybridized carbons (Fsp3) is 0.333. The van der Waals surface area contributed by atoms with Gasteiger partial charge in [0, 0.05) is 12.1 Å². The highest BCUT2D eigenvalue weighted by Gasteiger charge is 2.46. The number of benzene rings is 2. The lowest BCUT2D eigenvalue weighted by atomic mass is 9.95. The number of hydrogen-bond acceptors (Lipinski definition) is 6. The summed E-state index contributed by atoms with van der Waals surface area (Å²) in [5, 5.41) is 11.4. The zero-order chi connectivity index (χ0) is 23.4. The van der Waals surface area contributed by atoms with Gasteiger partial charge in [-0.1, -0.05) is 23.7 Å². The number of hydrogen-bond donors (Lipinski definition) is 1. The number of carbonyl (C=O) groups excluding carboxylic acids is 2. The van der Waals surface area contributed by atoms with Gasteiger partial charge < -0.3 is 24.4 Å². The van der Waals surface area contributed by atoms with Crippen molar-refractivity contribution in [3.05, 3.63) is 64.2 Å². The summed E-state index contributed by atoms with van der Waals surface area (Å²) >= 11 is 6.32. The smallest absolute Gasteiger partial charge is 0.295 e. The fourth-order valence-electron chi connectivity index (χ4n) is 3.76. The molecule has 1 heterocycles. The summed E-state index contributed by atoms with van der Waals surface area (Å²) in [6.45, 7) is 1.11. The largest absolute Gasteiger partial charge is 0.507 e. The van der Waals surface area contributed by atoms with E-state index in [1.807, 2.05) is 19.0 Å². The van der Waals surface area contributed by atoms with Crippen molar-refractivity contribution in [3.63, 3.8) is 0 Å². The molecular formula is C24H27ClN2O5. The minimum absolute atomic E-state index is 0.000160. The topological polar surface area (TPSA) is 79.3 Å². The second-order valence-corrected chi connectivity index (χ2v) is 8.18. The average molecular weight is 459 g/mol. The lowest BCUT2D eigenvalue weighted by Gasteiger charge is -2.26. The molecular weight excluding hydrogens is 432 g/mol. The van der Waals surface area contributed by atoms with Crippen LogP contribution in [0.1, 0.15) is 23.6 Å². The lowest BCUT2D eigenvalue weighted by molar-refractivity contribution is -0.139. The second-order valence-electron chi connectivity index (χ2n) is 7.77. The van der Waals surface area contributed by atoms with Gasteiger partial charge in [0.2, 0.25) is 0 Å². The van der Waals surface area contributed by atoms with Crippen molar-refractivity contribution < 1.29 is 24.2 Å². The van der Waals surface area contributed by atoms with Crippen molar-refractivity contribution in [2.24, 2.45) is 0 Å². The zero-order valence-corrected chi connectivity index (χ0v) is 19.3. The molecule has 1 atom stereocenters. The first kappa shape index (κ1) is 23.6. The maximum atomic E-state index is 13.1. The first-order chi connectivity index (χ1) is 15.3. The summed E-state index contributed by atoms with van der Waals surface area (Å²) in [6.07, 6.45) is 0.673. The van der Waals surface area contributed by atoms with Crippen LogP contribution in [0.25, 0.3) is 5.76 Å². The predicted octanol–water partition coefficient (Wildman–Crippen LogP) is 3.73. The van der Waals surface area contributed by atoms with E-state index in [9.17, 15) is 14.7 Å². The summed E-state index contributed by atoms with van der Waals surface area (Å²) in [4.78, 5) is 29.6. The minimum atomic E-state index is -0.745. The predicted molar refractivity (Wildman–Crippen MR) is 123 cm³/mol. The fourth-order valence-corrected chi connectivity index (χ4v) is 3.97. The molecule has 0 spiro atoms. The third-order valence-corrected chi connectivity index (χ3v) is 5.73. The van der Waals surface area contributed by atoms with Gasteiger partial charge in [0.05, 0.1) is 30.9 Å². The van der Waals surface area contributed by atoms with Gasteiger partial charge in [-0.3, -0.25) is 9.59 Å². The van der Waals surface area contributed by atoms with E-state index in [-0.39, 0.29) is 21.9 Å². The third-order valence-electron chi connectivity index (χ3n) is 5.40. The molecule has 32 heavy (non-hydrogen) atoms. The number of amides is 1. The number of Topliss-reactive ketones (excluding diaryl/α,β-unsaturated/α-hetero) is 1. The van der Waals surface area contributed by atoms with Gasteiger partial charge in [0.1, 0.15) is 17.3 Å². The van der Waals surface area contributed by atoms with E-state index in [0.717, 1.165) is 6.54 Å². The summed E-state index contributed by atoms with van der Waals surface area (Å²) in [7, 11) is 6.95. The molecule has 0 bridgehead atoms. The Hall–Kier alpha value is -3.03. The summed E-state index contributed by atoms with van der Waals surface area (Å²) in [6, 6.07) is 11.1. The van der Waals surface area contributed by atoms with Crippen molar-refractivity contribution in [1.29, 1.82) is 0 Å². The summed E-state index contributed by atoms with van der Waals surface area (Å²) in [5.41, 5.74) is 0.923. The molecule has 1 aliphatic heterocycles. The number of ketones is 1. The zero-order valence-electron chi connectivity index (χ0n) is 18.6. The Morgan fingerprint density at radius 3 is 2.28 bits per heavy atom. The van der Waals surface area contributed by atoms with Crippen LogP contribution in [0.2, 0.25) is 5.02 Å². The van der Waals surface area contributed by atoms with Crippen molar-refractivity contribution in [2.45, 2.75) is 12.5 Å². The van der Waals surface area contributed by atoms with Gasteiger partial charge in [-0.2, -0.15) is 0 Å². The maximum Gasteiger partial charge on any atom is 0.295 e. The SMILES string of the molecule is COc1ccc(C2/C(=C(\O)c3cc(OC)ccc3Cl)C(=O)C(=O)N2CCCN(C)C)cc1. The number of ether oxygens (including phenoxy) is 2. The Morgan fingerprint density at radius 2 is 1.69 bits per heavy atom. The Bertz CT molecular complexity index is 1030. The highest BCUT2D eigenvalue weighted by atomic mass is 35.5. The number of halogens is 1. The van der Waals surface area contributed by atoms with Crippen molar-refractivity contribution in [2.75, 3.05) is 41.4 Å². The van der Waals surface area contributed by atoms with Crippen LogP contribution in [0.15, 0.2) is 48.0 Å². The number of aliphatic hydroxyl groups excluding tert-OH is 1. The van der Waals surface area contributed by atoms with Gasteiger partial charge in [-0.05, 0) is 63.0 Å². The van der Waals surface area contributed by atoms with E-state index < -0.39 is 17.7 Å². The molecule has 0 saturated carbocycles. The number of likely N-dealkylation sites (tertiary alicyclic amines) is 1. The van der Waals surface area contributed by atoms with Crippen molar-refractivity contribution >= 4 is 29.1 Å². The van der Waals surface area contributed by atoms with Crippen LogP contribution >= 0.6 is 11.6 Å². The molecule has 1 aliphatic rings. The minimum Gasteiger partial charge on any atom is -0.507 e. The quantitative estimate of drug-likeness (QED) is 0.369. The first-order valence-electron chi connectivity index (χ1n) is 10.2. The second kappa shape index (κ2) is 10.1. The van der Waals surface area contributed by atoms with E-state index in [0.29, 0.717) is 30.0 Å². The van der Waals surface area contributed by atoms with Gasteiger partial charge in [-0.15, -0.1) is 0 Å². The molecule has 1 fully saturated rings. The Labute approximate surface area is 192 Å². The number of rotatable bonds is 8. The van der Waals surface area contributed by atoms with Crippen LogP contribution in [0, 0.1) is 0 Å². The molecule has 0 aliphatic carbocycles. The van der Waals surface area contributed by atoms with Crippen LogP contribution in [0.5, 0.6) is 11.5 Å². The molecule has 1 saturated heterocycles. The standard InChI is InChI=1S/C24H27ClN2O5/c1-26(2)12-5-13-27-21(15-6-8-16(31-3)9-7-15)20(23(29)24(27)30)22(28)18-14-17(32-4)10-11-19(18)25/h6-11,14,21,28H,5,12-13H2,1-4H3/b22-20+. The highest BCUT2D eigenvalue weighted by molar-refractivity contribution is 6.47. The average Bonchev–Trinajstić information content (AvgIpc) is 3.04. The molecule has 7 nitrogen and oxygen atoms in total. The van der Waals surface area contributed by atoms with Crippen LogP contribution in [0.3, 0.4) is 0 Å². The maximum absolute atomic E-state index is 13.1. The third kappa shape index (κ3) is 4.74. The van der Waals surface area contributed by atoms with E-state index in [2.05, 4.69) is 0 Å². The normalized spacial score (nSPS) is 17.8. The molecule has 1 amide bonds. The Morgan fingerprint density at radius 1 is 1.06 bits per heavy atom. The number of methoxy groups -OCH3 is 2. The van der Waals surface area contributed by atoms with E-state index in [1.165, 1.54) is 12.0 Å². The molecule has 8 heteroatoms. The van der Waals surface area contributed by atoms with E-state index in [1.54, 1.807) is 49.6 Å². The Kier molecular flexibility index (Phi) is 7.43. The summed E-state index contributed by atoms with van der Waals surface area (Å²) in [5.74, 6) is -0.605. The molecule has 1 unspecified atom stereocenters. The number of nitrogens with zero attached hydrogens (tertiary/aromatic N) is 2. The molecule has 170 valence electrons. The van der Waals surface area contributed by atoms with Crippen molar-refractivity contribution in [3.8, 4) is 11.5 Å². The van der Waals surface area contributed by atoms with Crippen LogP contribution in [-0.4, -0.2) is 68.0 Å². The molecule has 0 radical (unpaired) electrons. The number of aliphatic hydroxyl groups is 1. The van der Waals surface area contributed by atoms with Crippen LogP contribution < -0.4 is 9.47 Å². The molecule has 3 rings (SSSR count). The first-order valence-corrected chi connectivity index (χ1v) is 10.6. The Balaban J connectivity index is 2.13. The summed E-state index contributed by atoms with van der Waals surface area (Å²) < 4.78 is 10.5. The molecule has 0 aromatic heterocycles. The number of carbonyl (C=O) groups is 2.